The molecule has 1 heterocycles. The first kappa shape index (κ1) is 15.4. The van der Waals surface area contributed by atoms with Crippen LogP contribution in [-0.4, -0.2) is 21.4 Å². The highest BCUT2D eigenvalue weighted by Crippen LogP contribution is 2.12. The van der Waals surface area contributed by atoms with Gasteiger partial charge in [0.1, 0.15) is 0 Å². The maximum Gasteiger partial charge on any atom is 0.258 e. The van der Waals surface area contributed by atoms with Gasteiger partial charge in [0.25, 0.3) is 5.91 Å². The van der Waals surface area contributed by atoms with Crippen molar-refractivity contribution in [3.8, 4) is 6.07 Å². The molecule has 1 aromatic carbocycles. The molecule has 0 saturated heterocycles. The molecule has 2 aromatic rings. The summed E-state index contributed by atoms with van der Waals surface area (Å²) in [6.07, 6.45) is 2.93. The van der Waals surface area contributed by atoms with Gasteiger partial charge in [-0.3, -0.25) is 4.79 Å². The topological polar surface area (TPSA) is 90.7 Å². The van der Waals surface area contributed by atoms with Crippen molar-refractivity contribution >= 4 is 17.5 Å². The molecule has 6 heteroatoms. The van der Waals surface area contributed by atoms with Crippen LogP contribution in [0.4, 0.5) is 11.6 Å². The number of aromatic nitrogens is 2. The summed E-state index contributed by atoms with van der Waals surface area (Å²) in [4.78, 5) is 20.4. The number of carbonyl (C=O) groups is 1. The maximum absolute atomic E-state index is 12.1. The average Bonchev–Trinajstić information content (AvgIpc) is 2.46. The van der Waals surface area contributed by atoms with Crippen LogP contribution in [0.2, 0.25) is 0 Å². The summed E-state index contributed by atoms with van der Waals surface area (Å²) in [5, 5.41) is 14.7. The molecule has 0 spiro atoms. The lowest BCUT2D eigenvalue weighted by Gasteiger charge is -2.20. The molecule has 0 aliphatic rings. The summed E-state index contributed by atoms with van der Waals surface area (Å²) in [5.41, 5.74) is 1.24. The summed E-state index contributed by atoms with van der Waals surface area (Å²) in [7, 11) is 0. The average molecular weight is 295 g/mol. The van der Waals surface area contributed by atoms with Crippen molar-refractivity contribution in [3.05, 3.63) is 47.8 Å². The van der Waals surface area contributed by atoms with Crippen LogP contribution >= 0.6 is 0 Å². The van der Waals surface area contributed by atoms with Crippen LogP contribution < -0.4 is 10.6 Å². The van der Waals surface area contributed by atoms with E-state index in [4.69, 9.17) is 5.26 Å². The standard InChI is InChI=1S/C16H17N5O/c1-16(2,3)21-15-18-9-12(10-19-15)14(22)20-13-6-4-5-11(7-13)8-17/h4-7,9-10H,1-3H3,(H,20,22)(H,18,19,21). The van der Waals surface area contributed by atoms with Gasteiger partial charge < -0.3 is 10.6 Å². The van der Waals surface area contributed by atoms with Crippen LogP contribution in [0.3, 0.4) is 0 Å². The minimum atomic E-state index is -0.322. The number of hydrogen-bond acceptors (Lipinski definition) is 5. The molecule has 0 unspecified atom stereocenters. The Morgan fingerprint density at radius 1 is 1.23 bits per heavy atom. The van der Waals surface area contributed by atoms with Crippen molar-refractivity contribution in [1.29, 1.82) is 5.26 Å². The molecule has 0 fully saturated rings. The number of anilines is 2. The first-order valence-electron chi connectivity index (χ1n) is 6.79. The Morgan fingerprint density at radius 3 is 2.50 bits per heavy atom. The second-order valence-electron chi connectivity index (χ2n) is 5.82. The Labute approximate surface area is 129 Å². The van der Waals surface area contributed by atoms with Crippen molar-refractivity contribution < 1.29 is 4.79 Å². The van der Waals surface area contributed by atoms with Crippen LogP contribution in [0.1, 0.15) is 36.7 Å². The molecule has 1 aromatic heterocycles. The van der Waals surface area contributed by atoms with Gasteiger partial charge in [-0.25, -0.2) is 9.97 Å². The van der Waals surface area contributed by atoms with Gasteiger partial charge in [0.15, 0.2) is 0 Å². The highest BCUT2D eigenvalue weighted by molar-refractivity contribution is 6.03. The fraction of sp³-hybridized carbons (Fsp3) is 0.250. The van der Waals surface area contributed by atoms with Gasteiger partial charge in [-0.05, 0) is 39.0 Å². The number of nitrogens with one attached hydrogen (secondary N) is 2. The Morgan fingerprint density at radius 2 is 1.91 bits per heavy atom. The lowest BCUT2D eigenvalue weighted by atomic mass is 10.1. The molecule has 0 bridgehead atoms. The molecule has 2 N–H and O–H groups in total. The first-order chi connectivity index (χ1) is 10.4. The van der Waals surface area contributed by atoms with Crippen molar-refractivity contribution in [3.63, 3.8) is 0 Å². The fourth-order valence-electron chi connectivity index (χ4n) is 1.72. The molecule has 2 rings (SSSR count). The van der Waals surface area contributed by atoms with E-state index in [1.165, 1.54) is 12.4 Å². The zero-order chi connectivity index (χ0) is 16.2. The van der Waals surface area contributed by atoms with E-state index >= 15 is 0 Å². The van der Waals surface area contributed by atoms with E-state index in [1.54, 1.807) is 24.3 Å². The molecule has 1 amide bonds. The zero-order valence-electron chi connectivity index (χ0n) is 12.7. The van der Waals surface area contributed by atoms with Crippen LogP contribution in [0.25, 0.3) is 0 Å². The molecule has 0 aliphatic carbocycles. The van der Waals surface area contributed by atoms with Gasteiger partial charge in [0, 0.05) is 23.6 Å². The van der Waals surface area contributed by atoms with Gasteiger partial charge in [-0.2, -0.15) is 5.26 Å². The third kappa shape index (κ3) is 4.28. The lowest BCUT2D eigenvalue weighted by molar-refractivity contribution is 0.102. The van der Waals surface area contributed by atoms with E-state index in [9.17, 15) is 4.79 Å². The smallest absolute Gasteiger partial charge is 0.258 e. The number of hydrogen-bond donors (Lipinski definition) is 2. The van der Waals surface area contributed by atoms with E-state index in [0.29, 0.717) is 22.8 Å². The Hall–Kier alpha value is -2.94. The quantitative estimate of drug-likeness (QED) is 0.908. The second kappa shape index (κ2) is 6.22. The Balaban J connectivity index is 2.08. The fourth-order valence-corrected chi connectivity index (χ4v) is 1.72. The van der Waals surface area contributed by atoms with E-state index in [1.807, 2.05) is 26.8 Å². The molecule has 0 radical (unpaired) electrons. The SMILES string of the molecule is CC(C)(C)Nc1ncc(C(=O)Nc2cccc(C#N)c2)cn1. The highest BCUT2D eigenvalue weighted by Gasteiger charge is 2.12. The van der Waals surface area contributed by atoms with Gasteiger partial charge in [0.2, 0.25) is 5.95 Å². The van der Waals surface area contributed by atoms with Crippen LogP contribution in [0.15, 0.2) is 36.7 Å². The number of carbonyl (C=O) groups excluding carboxylic acids is 1. The minimum Gasteiger partial charge on any atom is -0.350 e. The highest BCUT2D eigenvalue weighted by atomic mass is 16.1. The molecule has 22 heavy (non-hydrogen) atoms. The number of amides is 1. The minimum absolute atomic E-state index is 0.151. The number of benzene rings is 1. The number of nitrogens with zero attached hydrogens (tertiary/aromatic N) is 3. The van der Waals surface area contributed by atoms with Gasteiger partial charge in [0.05, 0.1) is 17.2 Å². The Bertz CT molecular complexity index is 711. The van der Waals surface area contributed by atoms with Crippen molar-refractivity contribution in [2.24, 2.45) is 0 Å². The number of nitriles is 1. The van der Waals surface area contributed by atoms with E-state index < -0.39 is 0 Å². The van der Waals surface area contributed by atoms with Crippen molar-refractivity contribution in [2.75, 3.05) is 10.6 Å². The third-order valence-electron chi connectivity index (χ3n) is 2.65. The van der Waals surface area contributed by atoms with Crippen molar-refractivity contribution in [2.45, 2.75) is 26.3 Å². The Kier molecular flexibility index (Phi) is 4.37. The molecular formula is C16H17N5O. The third-order valence-corrected chi connectivity index (χ3v) is 2.65. The van der Waals surface area contributed by atoms with E-state index in [2.05, 4.69) is 20.6 Å². The monoisotopic (exact) mass is 295 g/mol. The maximum atomic E-state index is 12.1. The largest absolute Gasteiger partial charge is 0.350 e. The zero-order valence-corrected chi connectivity index (χ0v) is 12.7. The summed E-state index contributed by atoms with van der Waals surface area (Å²) < 4.78 is 0. The van der Waals surface area contributed by atoms with Crippen molar-refractivity contribution in [1.82, 2.24) is 9.97 Å². The van der Waals surface area contributed by atoms with Crippen LogP contribution in [-0.2, 0) is 0 Å². The molecular weight excluding hydrogens is 278 g/mol. The van der Waals surface area contributed by atoms with E-state index in [-0.39, 0.29) is 11.4 Å². The van der Waals surface area contributed by atoms with Crippen LogP contribution in [0.5, 0.6) is 0 Å². The van der Waals surface area contributed by atoms with E-state index in [0.717, 1.165) is 0 Å². The number of rotatable bonds is 3. The molecule has 112 valence electrons. The van der Waals surface area contributed by atoms with Gasteiger partial charge >= 0.3 is 0 Å². The summed E-state index contributed by atoms with van der Waals surface area (Å²) in [5.74, 6) is 0.146. The molecule has 0 atom stereocenters. The van der Waals surface area contributed by atoms with Gasteiger partial charge in [-0.1, -0.05) is 6.07 Å². The molecule has 0 saturated carbocycles. The van der Waals surface area contributed by atoms with Gasteiger partial charge in [-0.15, -0.1) is 0 Å². The summed E-state index contributed by atoms with van der Waals surface area (Å²) >= 11 is 0. The molecule has 6 nitrogen and oxygen atoms in total. The molecule has 0 aliphatic heterocycles. The predicted molar refractivity (Wildman–Crippen MR) is 84.5 cm³/mol. The van der Waals surface area contributed by atoms with Crippen LogP contribution in [0, 0.1) is 11.3 Å². The summed E-state index contributed by atoms with van der Waals surface area (Å²) in [6, 6.07) is 8.73. The second-order valence-corrected chi connectivity index (χ2v) is 5.82. The normalized spacial score (nSPS) is 10.6. The summed E-state index contributed by atoms with van der Waals surface area (Å²) in [6.45, 7) is 6.00. The predicted octanol–water partition coefficient (Wildman–Crippen LogP) is 2.81. The lowest BCUT2D eigenvalue weighted by Crippen LogP contribution is -2.27. The first-order valence-corrected chi connectivity index (χ1v) is 6.79.